The minimum Gasteiger partial charge on any atom is -0.455 e. The Morgan fingerprint density at radius 1 is 0.144 bits per heavy atom. The molecular formula is C105H63N3O3. The molecule has 6 aromatic heterocycles. The van der Waals surface area contributed by atoms with Crippen LogP contribution in [0.3, 0.4) is 0 Å². The Balaban J connectivity index is 0.000000102. The number of nitrogens with zero attached hydrogens (tertiary/aromatic N) is 3. The van der Waals surface area contributed by atoms with Crippen molar-refractivity contribution in [1.29, 1.82) is 0 Å². The Bertz CT molecular complexity index is 7820. The smallest absolute Gasteiger partial charge is 0.143 e. The van der Waals surface area contributed by atoms with E-state index >= 15 is 0 Å². The predicted octanol–water partition coefficient (Wildman–Crippen LogP) is 29.3. The van der Waals surface area contributed by atoms with E-state index in [4.69, 9.17) is 28.2 Å². The molecule has 516 valence electrons. The molecule has 111 heavy (non-hydrogen) atoms. The third-order valence-corrected chi connectivity index (χ3v) is 22.4. The Kier molecular flexibility index (Phi) is 14.9. The molecule has 0 bridgehead atoms. The molecule has 24 aromatic rings. The summed E-state index contributed by atoms with van der Waals surface area (Å²) in [7, 11) is 0. The van der Waals surface area contributed by atoms with Gasteiger partial charge >= 0.3 is 0 Å². The summed E-state index contributed by atoms with van der Waals surface area (Å²) in [4.78, 5) is 15.7. The molecule has 6 heterocycles. The van der Waals surface area contributed by atoms with Gasteiger partial charge in [0.2, 0.25) is 0 Å². The van der Waals surface area contributed by atoms with Gasteiger partial charge in [0.15, 0.2) is 0 Å². The lowest BCUT2D eigenvalue weighted by molar-refractivity contribution is 0.669. The zero-order valence-corrected chi connectivity index (χ0v) is 59.9. The highest BCUT2D eigenvalue weighted by molar-refractivity contribution is 6.27. The fourth-order valence-corrected chi connectivity index (χ4v) is 17.3. The van der Waals surface area contributed by atoms with Crippen LogP contribution in [-0.4, -0.2) is 15.0 Å². The first-order valence-electron chi connectivity index (χ1n) is 37.7. The molecule has 0 spiro atoms. The van der Waals surface area contributed by atoms with E-state index in [0.717, 1.165) is 150 Å². The first-order valence-corrected chi connectivity index (χ1v) is 37.7. The summed E-state index contributed by atoms with van der Waals surface area (Å²) >= 11 is 0. The van der Waals surface area contributed by atoms with E-state index in [-0.39, 0.29) is 0 Å². The van der Waals surface area contributed by atoms with Crippen molar-refractivity contribution >= 4 is 163 Å². The van der Waals surface area contributed by atoms with Crippen LogP contribution in [0.5, 0.6) is 0 Å². The standard InChI is InChI=1S/3C35H21NO/c1-2-12-24-22(10-1)23-11-4-6-16-28(23)34-29(24)20-21-32(36-34)26-14-5-3-13-25(26)30-17-9-18-31-27-15-7-8-19-33(27)37-35(30)31;1-2-13-27-25(11-1)26-12-3-4-15-29(26)34-30(27)19-20-32(36-34)23-10-7-9-22(21-23)24-16-8-17-31-28-14-5-6-18-33(28)37-35(24)31;1-2-10-27-25(8-1)26-9-3-4-12-29(26)34-30(27)20-21-32(36-34)23-18-16-22(17-19-23)24-13-7-14-31-28-11-5-6-15-33(28)37-35(24)31/h3*1-21H. The molecule has 0 aliphatic carbocycles. The fourth-order valence-electron chi connectivity index (χ4n) is 17.3. The summed E-state index contributed by atoms with van der Waals surface area (Å²) in [5, 5.41) is 25.1. The molecule has 0 aliphatic heterocycles. The van der Waals surface area contributed by atoms with E-state index in [1.54, 1.807) is 0 Å². The Morgan fingerprint density at radius 2 is 0.405 bits per heavy atom. The molecule has 0 saturated heterocycles. The largest absolute Gasteiger partial charge is 0.455 e. The number of rotatable bonds is 6. The predicted molar refractivity (Wildman–Crippen MR) is 465 cm³/mol. The van der Waals surface area contributed by atoms with Crippen molar-refractivity contribution in [3.05, 3.63) is 382 Å². The van der Waals surface area contributed by atoms with Crippen LogP contribution < -0.4 is 0 Å². The van der Waals surface area contributed by atoms with Crippen LogP contribution in [-0.2, 0) is 0 Å². The van der Waals surface area contributed by atoms with E-state index in [0.29, 0.717) is 0 Å². The van der Waals surface area contributed by atoms with Gasteiger partial charge in [-0.25, -0.2) is 15.0 Å². The number of hydrogen-bond donors (Lipinski definition) is 0. The quantitative estimate of drug-likeness (QED) is 0.154. The molecule has 24 rings (SSSR count). The number of furan rings is 3. The van der Waals surface area contributed by atoms with Crippen molar-refractivity contribution in [3.8, 4) is 67.2 Å². The highest BCUT2D eigenvalue weighted by Gasteiger charge is 2.21. The molecule has 6 heteroatoms. The van der Waals surface area contributed by atoms with Crippen molar-refractivity contribution in [2.75, 3.05) is 0 Å². The van der Waals surface area contributed by atoms with Gasteiger partial charge in [-0.05, 0) is 126 Å². The summed E-state index contributed by atoms with van der Waals surface area (Å²) in [6.45, 7) is 0. The molecule has 18 aromatic carbocycles. The summed E-state index contributed by atoms with van der Waals surface area (Å²) in [6.07, 6.45) is 0. The van der Waals surface area contributed by atoms with Crippen LogP contribution >= 0.6 is 0 Å². The van der Waals surface area contributed by atoms with Crippen LogP contribution in [0.2, 0.25) is 0 Å². The van der Waals surface area contributed by atoms with E-state index in [9.17, 15) is 0 Å². The maximum atomic E-state index is 6.38. The molecule has 0 N–H and O–H groups in total. The Morgan fingerprint density at radius 3 is 0.829 bits per heavy atom. The van der Waals surface area contributed by atoms with Crippen molar-refractivity contribution in [1.82, 2.24) is 15.0 Å². The van der Waals surface area contributed by atoms with Gasteiger partial charge in [0.05, 0.1) is 33.6 Å². The zero-order chi connectivity index (χ0) is 73.0. The van der Waals surface area contributed by atoms with Gasteiger partial charge in [0, 0.05) is 98.0 Å². The summed E-state index contributed by atoms with van der Waals surface area (Å²) < 4.78 is 19.0. The van der Waals surface area contributed by atoms with Crippen molar-refractivity contribution in [2.24, 2.45) is 0 Å². The second-order valence-corrected chi connectivity index (χ2v) is 28.6. The van der Waals surface area contributed by atoms with Crippen molar-refractivity contribution < 1.29 is 13.3 Å². The number of fused-ring (bicyclic) bond motifs is 27. The third kappa shape index (κ3) is 10.5. The highest BCUT2D eigenvalue weighted by atomic mass is 16.3. The number of para-hydroxylation sites is 6. The minimum absolute atomic E-state index is 0.907. The monoisotopic (exact) mass is 1410 g/mol. The number of benzene rings is 18. The van der Waals surface area contributed by atoms with Gasteiger partial charge in [-0.2, -0.15) is 0 Å². The lowest BCUT2D eigenvalue weighted by Crippen LogP contribution is -1.91. The normalized spacial score (nSPS) is 11.8. The molecule has 0 fully saturated rings. The fraction of sp³-hybridized carbons (Fsp3) is 0. The maximum Gasteiger partial charge on any atom is 0.143 e. The van der Waals surface area contributed by atoms with E-state index in [1.807, 2.05) is 36.4 Å². The summed E-state index contributed by atoms with van der Waals surface area (Å²) in [5.41, 5.74) is 21.4. The molecule has 0 saturated carbocycles. The van der Waals surface area contributed by atoms with Crippen molar-refractivity contribution in [2.45, 2.75) is 0 Å². The summed E-state index contributed by atoms with van der Waals surface area (Å²) in [5.74, 6) is 0. The lowest BCUT2D eigenvalue weighted by atomic mass is 9.94. The van der Waals surface area contributed by atoms with Gasteiger partial charge in [-0.3, -0.25) is 0 Å². The van der Waals surface area contributed by atoms with Crippen LogP contribution in [0.4, 0.5) is 0 Å². The van der Waals surface area contributed by atoms with Crippen LogP contribution in [0.1, 0.15) is 0 Å². The molecular weight excluding hydrogens is 1350 g/mol. The molecule has 6 nitrogen and oxygen atoms in total. The van der Waals surface area contributed by atoms with E-state index in [2.05, 4.69) is 346 Å². The highest BCUT2D eigenvalue weighted by Crippen LogP contribution is 2.45. The first-order chi connectivity index (χ1) is 55.1. The topological polar surface area (TPSA) is 78.1 Å². The van der Waals surface area contributed by atoms with E-state index in [1.165, 1.54) is 80.8 Å². The maximum absolute atomic E-state index is 6.38. The van der Waals surface area contributed by atoms with Gasteiger partial charge < -0.3 is 13.3 Å². The number of aromatic nitrogens is 3. The summed E-state index contributed by atoms with van der Waals surface area (Å²) in [6, 6.07) is 134. The molecule has 0 aliphatic rings. The molecule has 0 amide bonds. The third-order valence-electron chi connectivity index (χ3n) is 22.4. The lowest BCUT2D eigenvalue weighted by Gasteiger charge is -2.13. The molecule has 0 unspecified atom stereocenters. The second kappa shape index (κ2) is 26.0. The average Bonchev–Trinajstić information content (AvgIpc) is 1.72. The van der Waals surface area contributed by atoms with Crippen LogP contribution in [0, 0.1) is 0 Å². The number of pyridine rings is 3. The molecule has 0 radical (unpaired) electrons. The van der Waals surface area contributed by atoms with Gasteiger partial charge in [0.1, 0.15) is 33.5 Å². The average molecular weight is 1410 g/mol. The second-order valence-electron chi connectivity index (χ2n) is 28.6. The SMILES string of the molecule is c1cc(-c2ccc3c4ccccc4c4ccccc4c3n2)cc(-c2cccc3c2oc2ccccc23)c1.c1ccc(-c2cccc3c2oc2ccccc23)c(-c2ccc3c4ccccc4c4ccccc4c3n2)c1.c1ccc2c(c1)oc1c(-c3ccc(-c4ccc5c6ccccc6c6ccccc6c5n4)cc3)cccc12. The first kappa shape index (κ1) is 63.4. The van der Waals surface area contributed by atoms with Crippen LogP contribution in [0.15, 0.2) is 395 Å². The molecule has 0 atom stereocenters. The van der Waals surface area contributed by atoms with Gasteiger partial charge in [0.25, 0.3) is 0 Å². The van der Waals surface area contributed by atoms with Gasteiger partial charge in [-0.15, -0.1) is 0 Å². The van der Waals surface area contributed by atoms with Crippen molar-refractivity contribution in [3.63, 3.8) is 0 Å². The van der Waals surface area contributed by atoms with Gasteiger partial charge in [-0.1, -0.05) is 322 Å². The Hall–Kier alpha value is -14.9. The Labute approximate surface area is 636 Å². The van der Waals surface area contributed by atoms with Crippen LogP contribution in [0.25, 0.3) is 230 Å². The van der Waals surface area contributed by atoms with E-state index < -0.39 is 0 Å². The zero-order valence-electron chi connectivity index (χ0n) is 59.9. The number of hydrogen-bond acceptors (Lipinski definition) is 6. The minimum atomic E-state index is 0.907.